The first-order valence-electron chi connectivity index (χ1n) is 9.08. The molecular formula is C18H28N2O5S. The van der Waals surface area contributed by atoms with Crippen LogP contribution in [0.3, 0.4) is 0 Å². The molecule has 1 aromatic rings. The van der Waals surface area contributed by atoms with Crippen LogP contribution in [0.15, 0.2) is 29.2 Å². The van der Waals surface area contributed by atoms with Crippen molar-refractivity contribution in [3.05, 3.63) is 24.3 Å². The standard InChI is InChI=1S/C18H28N2O5S/c1-3-5-14-25-16-6-8-17(9-7-16)26(22,23)20-12-10-19(11-13-20)15-18(21)24-4-2/h6-9H,3-5,10-15H2,1-2H3. The Hall–Kier alpha value is -1.64. The second kappa shape index (κ2) is 9.89. The number of nitrogens with zero attached hydrogens (tertiary/aromatic N) is 2. The summed E-state index contributed by atoms with van der Waals surface area (Å²) in [5.74, 6) is 0.402. The normalized spacial score (nSPS) is 16.4. The number of sulfonamides is 1. The van der Waals surface area contributed by atoms with Gasteiger partial charge in [0.1, 0.15) is 5.75 Å². The van der Waals surface area contributed by atoms with Crippen LogP contribution in [0.5, 0.6) is 5.75 Å². The number of hydrogen-bond donors (Lipinski definition) is 0. The van der Waals surface area contributed by atoms with Gasteiger partial charge in [0.15, 0.2) is 0 Å². The highest BCUT2D eigenvalue weighted by molar-refractivity contribution is 7.89. The monoisotopic (exact) mass is 384 g/mol. The summed E-state index contributed by atoms with van der Waals surface area (Å²) in [5.41, 5.74) is 0. The van der Waals surface area contributed by atoms with Gasteiger partial charge in [0, 0.05) is 26.2 Å². The zero-order valence-electron chi connectivity index (χ0n) is 15.5. The van der Waals surface area contributed by atoms with Gasteiger partial charge in [-0.25, -0.2) is 8.42 Å². The second-order valence-corrected chi connectivity index (χ2v) is 8.10. The van der Waals surface area contributed by atoms with Crippen molar-refractivity contribution in [1.82, 2.24) is 9.21 Å². The van der Waals surface area contributed by atoms with Gasteiger partial charge >= 0.3 is 5.97 Å². The summed E-state index contributed by atoms with van der Waals surface area (Å²) < 4.78 is 37.5. The van der Waals surface area contributed by atoms with E-state index in [9.17, 15) is 13.2 Å². The molecule has 7 nitrogen and oxygen atoms in total. The van der Waals surface area contributed by atoms with Crippen LogP contribution < -0.4 is 4.74 Å². The molecule has 2 rings (SSSR count). The van der Waals surface area contributed by atoms with Crippen molar-refractivity contribution < 1.29 is 22.7 Å². The maximum Gasteiger partial charge on any atom is 0.320 e. The van der Waals surface area contributed by atoms with Crippen LogP contribution in [0.1, 0.15) is 26.7 Å². The van der Waals surface area contributed by atoms with E-state index in [2.05, 4.69) is 6.92 Å². The molecule has 0 radical (unpaired) electrons. The Morgan fingerprint density at radius 3 is 2.31 bits per heavy atom. The molecule has 8 heteroatoms. The van der Waals surface area contributed by atoms with Gasteiger partial charge in [0.05, 0.1) is 24.7 Å². The number of carbonyl (C=O) groups is 1. The molecule has 0 aromatic heterocycles. The van der Waals surface area contributed by atoms with E-state index in [1.54, 1.807) is 31.2 Å². The van der Waals surface area contributed by atoms with Gasteiger partial charge in [-0.1, -0.05) is 13.3 Å². The van der Waals surface area contributed by atoms with E-state index in [1.807, 2.05) is 4.90 Å². The van der Waals surface area contributed by atoms with Crippen LogP contribution in [0.2, 0.25) is 0 Å². The van der Waals surface area contributed by atoms with E-state index in [1.165, 1.54) is 4.31 Å². The molecule has 0 spiro atoms. The summed E-state index contributed by atoms with van der Waals surface area (Å²) in [6.45, 7) is 6.77. The van der Waals surface area contributed by atoms with E-state index >= 15 is 0 Å². The Morgan fingerprint density at radius 1 is 1.08 bits per heavy atom. The quantitative estimate of drug-likeness (QED) is 0.477. The molecule has 0 saturated carbocycles. The van der Waals surface area contributed by atoms with Gasteiger partial charge in [-0.3, -0.25) is 9.69 Å². The molecule has 1 aliphatic heterocycles. The highest BCUT2D eigenvalue weighted by Gasteiger charge is 2.29. The van der Waals surface area contributed by atoms with Crippen LogP contribution in [-0.4, -0.2) is 69.5 Å². The third-order valence-corrected chi connectivity index (χ3v) is 6.13. The van der Waals surface area contributed by atoms with Crippen LogP contribution in [0.4, 0.5) is 0 Å². The Balaban J connectivity index is 1.91. The second-order valence-electron chi connectivity index (χ2n) is 6.16. The SMILES string of the molecule is CCCCOc1ccc(S(=O)(=O)N2CCN(CC(=O)OCC)CC2)cc1. The summed E-state index contributed by atoms with van der Waals surface area (Å²) in [5, 5.41) is 0. The van der Waals surface area contributed by atoms with E-state index in [0.29, 0.717) is 45.1 Å². The molecule has 1 saturated heterocycles. The summed E-state index contributed by atoms with van der Waals surface area (Å²) in [7, 11) is -3.53. The van der Waals surface area contributed by atoms with Crippen LogP contribution in [0.25, 0.3) is 0 Å². The summed E-state index contributed by atoms with van der Waals surface area (Å²) in [6.07, 6.45) is 2.02. The third kappa shape index (κ3) is 5.69. The molecule has 1 heterocycles. The number of carbonyl (C=O) groups excluding carboxylic acids is 1. The van der Waals surface area contributed by atoms with E-state index in [0.717, 1.165) is 12.8 Å². The van der Waals surface area contributed by atoms with Gasteiger partial charge < -0.3 is 9.47 Å². The highest BCUT2D eigenvalue weighted by atomic mass is 32.2. The van der Waals surface area contributed by atoms with Crippen LogP contribution in [0, 0.1) is 0 Å². The maximum atomic E-state index is 12.8. The molecule has 0 unspecified atom stereocenters. The molecule has 1 aliphatic rings. The number of rotatable bonds is 9. The Bertz CT molecular complexity index is 667. The van der Waals surface area contributed by atoms with Gasteiger partial charge in [0.25, 0.3) is 0 Å². The number of benzene rings is 1. The Kier molecular flexibility index (Phi) is 7.86. The number of piperazine rings is 1. The van der Waals surface area contributed by atoms with Crippen LogP contribution in [-0.2, 0) is 19.6 Å². The largest absolute Gasteiger partial charge is 0.494 e. The van der Waals surface area contributed by atoms with E-state index in [4.69, 9.17) is 9.47 Å². The number of unbranched alkanes of at least 4 members (excludes halogenated alkanes) is 1. The Morgan fingerprint density at radius 2 is 1.73 bits per heavy atom. The summed E-state index contributed by atoms with van der Waals surface area (Å²) in [4.78, 5) is 13.7. The van der Waals surface area contributed by atoms with Gasteiger partial charge in [-0.2, -0.15) is 4.31 Å². The molecule has 1 aromatic carbocycles. The number of esters is 1. The van der Waals surface area contributed by atoms with Gasteiger partial charge in [0.2, 0.25) is 10.0 Å². The lowest BCUT2D eigenvalue weighted by atomic mass is 10.3. The minimum absolute atomic E-state index is 0.200. The fourth-order valence-electron chi connectivity index (χ4n) is 2.71. The minimum Gasteiger partial charge on any atom is -0.494 e. The minimum atomic E-state index is -3.53. The molecule has 0 aliphatic carbocycles. The van der Waals surface area contributed by atoms with Crippen molar-refractivity contribution in [3.8, 4) is 5.75 Å². The molecule has 0 amide bonds. The zero-order valence-corrected chi connectivity index (χ0v) is 16.3. The number of hydrogen-bond acceptors (Lipinski definition) is 6. The molecule has 0 bridgehead atoms. The highest BCUT2D eigenvalue weighted by Crippen LogP contribution is 2.21. The first kappa shape index (κ1) is 20.7. The van der Waals surface area contributed by atoms with Crippen LogP contribution >= 0.6 is 0 Å². The predicted molar refractivity (Wildman–Crippen MR) is 98.7 cm³/mol. The van der Waals surface area contributed by atoms with Crippen molar-refractivity contribution in [2.24, 2.45) is 0 Å². The predicted octanol–water partition coefficient (Wildman–Crippen LogP) is 1.73. The molecule has 0 atom stereocenters. The number of ether oxygens (including phenoxy) is 2. The average molecular weight is 384 g/mol. The average Bonchev–Trinajstić information content (AvgIpc) is 2.63. The van der Waals surface area contributed by atoms with E-state index in [-0.39, 0.29) is 17.4 Å². The fraction of sp³-hybridized carbons (Fsp3) is 0.611. The first-order valence-corrected chi connectivity index (χ1v) is 10.5. The zero-order chi connectivity index (χ0) is 19.0. The molecule has 146 valence electrons. The van der Waals surface area contributed by atoms with E-state index < -0.39 is 10.0 Å². The lowest BCUT2D eigenvalue weighted by Gasteiger charge is -2.33. The topological polar surface area (TPSA) is 76.2 Å². The Labute approximate surface area is 155 Å². The first-order chi connectivity index (χ1) is 12.5. The molecule has 26 heavy (non-hydrogen) atoms. The lowest BCUT2D eigenvalue weighted by molar-refractivity contribution is -0.144. The van der Waals surface area contributed by atoms with Crippen molar-refractivity contribution in [3.63, 3.8) is 0 Å². The van der Waals surface area contributed by atoms with Crippen molar-refractivity contribution in [2.45, 2.75) is 31.6 Å². The molecule has 1 fully saturated rings. The van der Waals surface area contributed by atoms with Gasteiger partial charge in [-0.05, 0) is 37.6 Å². The molecule has 0 N–H and O–H groups in total. The maximum absolute atomic E-state index is 12.8. The smallest absolute Gasteiger partial charge is 0.320 e. The fourth-order valence-corrected chi connectivity index (χ4v) is 4.13. The van der Waals surface area contributed by atoms with Crippen molar-refractivity contribution in [2.75, 3.05) is 45.9 Å². The third-order valence-electron chi connectivity index (χ3n) is 4.22. The molecular weight excluding hydrogens is 356 g/mol. The van der Waals surface area contributed by atoms with Gasteiger partial charge in [-0.15, -0.1) is 0 Å². The summed E-state index contributed by atoms with van der Waals surface area (Å²) in [6, 6.07) is 6.56. The summed E-state index contributed by atoms with van der Waals surface area (Å²) >= 11 is 0. The van der Waals surface area contributed by atoms with Crippen molar-refractivity contribution in [1.29, 1.82) is 0 Å². The lowest BCUT2D eigenvalue weighted by Crippen LogP contribution is -2.49. The van der Waals surface area contributed by atoms with Crippen molar-refractivity contribution >= 4 is 16.0 Å².